The number of nitrogens with zero attached hydrogens (tertiary/aromatic N) is 5. The molecule has 106 valence electrons. The number of para-hydroxylation sites is 1. The van der Waals surface area contributed by atoms with Gasteiger partial charge in [-0.3, -0.25) is 4.57 Å². The van der Waals surface area contributed by atoms with Crippen LogP contribution in [0.2, 0.25) is 0 Å². The second-order valence-electron chi connectivity index (χ2n) is 4.88. The summed E-state index contributed by atoms with van der Waals surface area (Å²) in [7, 11) is 0. The number of hydrogen-bond donors (Lipinski definition) is 0. The lowest BCUT2D eigenvalue weighted by molar-refractivity contribution is 0.843. The van der Waals surface area contributed by atoms with Crippen molar-refractivity contribution in [2.45, 2.75) is 0 Å². The normalized spacial score (nSPS) is 10.7. The van der Waals surface area contributed by atoms with Gasteiger partial charge in [0.05, 0.1) is 5.69 Å². The van der Waals surface area contributed by atoms with Gasteiger partial charge in [-0.05, 0) is 17.7 Å². The number of rotatable bonds is 3. The van der Waals surface area contributed by atoms with Crippen molar-refractivity contribution < 1.29 is 0 Å². The number of hydrogen-bond acceptors (Lipinski definition) is 3. The van der Waals surface area contributed by atoms with Gasteiger partial charge in [-0.25, -0.2) is 4.68 Å². The third kappa shape index (κ3) is 2.18. The van der Waals surface area contributed by atoms with Crippen LogP contribution in [0.15, 0.2) is 79.5 Å². The molecule has 2 heterocycles. The Morgan fingerprint density at radius 2 is 1.36 bits per heavy atom. The van der Waals surface area contributed by atoms with Gasteiger partial charge in [0.1, 0.15) is 12.7 Å². The molecular formula is C17H13N5. The minimum Gasteiger partial charge on any atom is -0.270 e. The van der Waals surface area contributed by atoms with Crippen LogP contribution in [-0.2, 0) is 0 Å². The van der Waals surface area contributed by atoms with Crippen LogP contribution in [0.25, 0.3) is 22.6 Å². The summed E-state index contributed by atoms with van der Waals surface area (Å²) in [6, 6.07) is 20.2. The average molecular weight is 287 g/mol. The quantitative estimate of drug-likeness (QED) is 0.581. The number of aromatic nitrogens is 5. The largest absolute Gasteiger partial charge is 0.270 e. The summed E-state index contributed by atoms with van der Waals surface area (Å²) in [5.41, 5.74) is 3.15. The van der Waals surface area contributed by atoms with Crippen LogP contribution in [0.5, 0.6) is 0 Å². The summed E-state index contributed by atoms with van der Waals surface area (Å²) in [6.07, 6.45) is 5.34. The predicted octanol–water partition coefficient (Wildman–Crippen LogP) is 3.12. The van der Waals surface area contributed by atoms with E-state index in [-0.39, 0.29) is 0 Å². The standard InChI is InChI=1S/C17H13N5/c1-3-7-14(8-4-1)16-11-22(15-9-5-2-6-10-15)20-17(16)21-12-18-19-13-21/h1-13H. The van der Waals surface area contributed by atoms with Gasteiger partial charge in [0.25, 0.3) is 0 Å². The molecule has 0 aliphatic carbocycles. The molecule has 4 rings (SSSR count). The Morgan fingerprint density at radius 3 is 2.05 bits per heavy atom. The second kappa shape index (κ2) is 5.29. The predicted molar refractivity (Wildman–Crippen MR) is 83.9 cm³/mol. The Bertz CT molecular complexity index is 864. The summed E-state index contributed by atoms with van der Waals surface area (Å²) in [4.78, 5) is 0. The fourth-order valence-electron chi connectivity index (χ4n) is 2.40. The summed E-state index contributed by atoms with van der Waals surface area (Å²) >= 11 is 0. The van der Waals surface area contributed by atoms with E-state index in [4.69, 9.17) is 5.10 Å². The minimum absolute atomic E-state index is 0.806. The summed E-state index contributed by atoms with van der Waals surface area (Å²) in [5.74, 6) is 0.806. The Balaban J connectivity index is 1.91. The van der Waals surface area contributed by atoms with Crippen LogP contribution in [-0.4, -0.2) is 24.5 Å². The van der Waals surface area contributed by atoms with E-state index in [1.54, 1.807) is 12.7 Å². The summed E-state index contributed by atoms with van der Waals surface area (Å²) < 4.78 is 3.69. The van der Waals surface area contributed by atoms with Crippen LogP contribution in [0, 0.1) is 0 Å². The van der Waals surface area contributed by atoms with Crippen molar-refractivity contribution >= 4 is 0 Å². The van der Waals surface area contributed by atoms with Crippen molar-refractivity contribution in [1.29, 1.82) is 0 Å². The van der Waals surface area contributed by atoms with Gasteiger partial charge in [0, 0.05) is 11.8 Å². The first-order valence-corrected chi connectivity index (χ1v) is 6.97. The highest BCUT2D eigenvalue weighted by Crippen LogP contribution is 2.26. The van der Waals surface area contributed by atoms with E-state index in [1.165, 1.54) is 0 Å². The summed E-state index contributed by atoms with van der Waals surface area (Å²) in [5, 5.41) is 12.5. The molecule has 5 heteroatoms. The SMILES string of the molecule is c1ccc(-c2cn(-c3ccccc3)nc2-n2cnnc2)cc1. The van der Waals surface area contributed by atoms with Crippen molar-refractivity contribution in [2.24, 2.45) is 0 Å². The van der Waals surface area contributed by atoms with Crippen LogP contribution >= 0.6 is 0 Å². The molecule has 0 aliphatic rings. The van der Waals surface area contributed by atoms with E-state index in [2.05, 4.69) is 22.3 Å². The molecule has 4 aromatic rings. The smallest absolute Gasteiger partial charge is 0.169 e. The molecular weight excluding hydrogens is 274 g/mol. The fraction of sp³-hybridized carbons (Fsp3) is 0. The molecule has 0 amide bonds. The average Bonchev–Trinajstić information content (AvgIpc) is 3.26. The van der Waals surface area contributed by atoms with Gasteiger partial charge in [-0.15, -0.1) is 15.3 Å². The Morgan fingerprint density at radius 1 is 0.727 bits per heavy atom. The third-order valence-electron chi connectivity index (χ3n) is 3.46. The molecule has 0 radical (unpaired) electrons. The lowest BCUT2D eigenvalue weighted by Crippen LogP contribution is -1.97. The minimum atomic E-state index is 0.806. The van der Waals surface area contributed by atoms with Gasteiger partial charge in [-0.2, -0.15) is 0 Å². The monoisotopic (exact) mass is 287 g/mol. The van der Waals surface area contributed by atoms with E-state index in [1.807, 2.05) is 64.0 Å². The fourth-order valence-corrected chi connectivity index (χ4v) is 2.40. The van der Waals surface area contributed by atoms with Gasteiger partial charge in [0.2, 0.25) is 0 Å². The lowest BCUT2D eigenvalue weighted by Gasteiger charge is -2.01. The van der Waals surface area contributed by atoms with Crippen LogP contribution in [0.1, 0.15) is 0 Å². The van der Waals surface area contributed by atoms with Gasteiger partial charge < -0.3 is 0 Å². The maximum Gasteiger partial charge on any atom is 0.169 e. The molecule has 2 aromatic carbocycles. The zero-order chi connectivity index (χ0) is 14.8. The van der Waals surface area contributed by atoms with Crippen LogP contribution in [0.3, 0.4) is 0 Å². The Labute approximate surface area is 127 Å². The molecule has 0 unspecified atom stereocenters. The van der Waals surface area contributed by atoms with Gasteiger partial charge in [0.15, 0.2) is 5.82 Å². The molecule has 0 N–H and O–H groups in total. The first kappa shape index (κ1) is 12.5. The highest BCUT2D eigenvalue weighted by atomic mass is 15.3. The number of benzene rings is 2. The van der Waals surface area contributed by atoms with Crippen molar-refractivity contribution in [2.75, 3.05) is 0 Å². The van der Waals surface area contributed by atoms with Crippen LogP contribution in [0.4, 0.5) is 0 Å². The molecule has 0 spiro atoms. The second-order valence-corrected chi connectivity index (χ2v) is 4.88. The van der Waals surface area contributed by atoms with Crippen LogP contribution < -0.4 is 0 Å². The van der Waals surface area contributed by atoms with Crippen molar-refractivity contribution in [3.05, 3.63) is 79.5 Å². The van der Waals surface area contributed by atoms with Gasteiger partial charge >= 0.3 is 0 Å². The Hall–Kier alpha value is -3.21. The maximum atomic E-state index is 4.70. The molecule has 0 atom stereocenters. The van der Waals surface area contributed by atoms with E-state index in [0.29, 0.717) is 0 Å². The lowest BCUT2D eigenvalue weighted by atomic mass is 10.1. The Kier molecular flexibility index (Phi) is 3.01. The maximum absolute atomic E-state index is 4.70. The third-order valence-corrected chi connectivity index (χ3v) is 3.46. The summed E-state index contributed by atoms with van der Waals surface area (Å²) in [6.45, 7) is 0. The molecule has 0 bridgehead atoms. The highest BCUT2D eigenvalue weighted by molar-refractivity contribution is 5.70. The van der Waals surface area contributed by atoms with E-state index < -0.39 is 0 Å². The zero-order valence-corrected chi connectivity index (χ0v) is 11.7. The van der Waals surface area contributed by atoms with E-state index in [9.17, 15) is 0 Å². The molecule has 5 nitrogen and oxygen atoms in total. The van der Waals surface area contributed by atoms with E-state index in [0.717, 1.165) is 22.6 Å². The van der Waals surface area contributed by atoms with Crippen molar-refractivity contribution in [3.63, 3.8) is 0 Å². The topological polar surface area (TPSA) is 48.5 Å². The first-order chi connectivity index (χ1) is 10.9. The molecule has 22 heavy (non-hydrogen) atoms. The zero-order valence-electron chi connectivity index (χ0n) is 11.7. The van der Waals surface area contributed by atoms with E-state index >= 15 is 0 Å². The highest BCUT2D eigenvalue weighted by Gasteiger charge is 2.13. The molecule has 0 saturated heterocycles. The van der Waals surface area contributed by atoms with Crippen molar-refractivity contribution in [1.82, 2.24) is 24.5 Å². The molecule has 0 saturated carbocycles. The van der Waals surface area contributed by atoms with Crippen molar-refractivity contribution in [3.8, 4) is 22.6 Å². The first-order valence-electron chi connectivity index (χ1n) is 6.97. The molecule has 0 aliphatic heterocycles. The molecule has 2 aromatic heterocycles. The van der Waals surface area contributed by atoms with Gasteiger partial charge in [-0.1, -0.05) is 48.5 Å². The molecule has 0 fully saturated rings.